The number of rotatable bonds is 2. The van der Waals surface area contributed by atoms with Crippen LogP contribution in [0, 0.1) is 24.4 Å². The summed E-state index contributed by atoms with van der Waals surface area (Å²) < 4.78 is 38.2. The minimum Gasteiger partial charge on any atom is -0.251 e. The average molecular weight is 192 g/mol. The Balaban J connectivity index is 3.26. The van der Waals surface area contributed by atoms with Crippen molar-refractivity contribution in [2.75, 3.05) is 0 Å². The molecule has 0 saturated heterocycles. The summed E-state index contributed by atoms with van der Waals surface area (Å²) in [5, 5.41) is 8.05. The van der Waals surface area contributed by atoms with Gasteiger partial charge in [-0.2, -0.15) is 0 Å². The SMILES string of the molecule is Cc1c(F)c(F)cc(F)c1COO. The van der Waals surface area contributed by atoms with Crippen LogP contribution in [0.3, 0.4) is 0 Å². The van der Waals surface area contributed by atoms with E-state index in [2.05, 4.69) is 4.89 Å². The van der Waals surface area contributed by atoms with Gasteiger partial charge in [-0.05, 0) is 12.5 Å². The second-order valence-corrected chi connectivity index (χ2v) is 2.53. The van der Waals surface area contributed by atoms with Gasteiger partial charge in [0.25, 0.3) is 0 Å². The topological polar surface area (TPSA) is 29.5 Å². The van der Waals surface area contributed by atoms with Crippen molar-refractivity contribution in [2.24, 2.45) is 0 Å². The zero-order valence-electron chi connectivity index (χ0n) is 6.77. The highest BCUT2D eigenvalue weighted by molar-refractivity contribution is 5.29. The van der Waals surface area contributed by atoms with E-state index in [4.69, 9.17) is 5.26 Å². The van der Waals surface area contributed by atoms with E-state index in [1.807, 2.05) is 0 Å². The molecule has 0 unspecified atom stereocenters. The van der Waals surface area contributed by atoms with Crippen LogP contribution in [0.1, 0.15) is 11.1 Å². The Morgan fingerprint density at radius 2 is 1.92 bits per heavy atom. The van der Waals surface area contributed by atoms with Gasteiger partial charge in [0.1, 0.15) is 12.4 Å². The molecule has 13 heavy (non-hydrogen) atoms. The lowest BCUT2D eigenvalue weighted by molar-refractivity contribution is -0.253. The van der Waals surface area contributed by atoms with Crippen molar-refractivity contribution >= 4 is 0 Å². The Bertz CT molecular complexity index is 326. The van der Waals surface area contributed by atoms with Gasteiger partial charge in [0.05, 0.1) is 0 Å². The van der Waals surface area contributed by atoms with Crippen molar-refractivity contribution in [2.45, 2.75) is 13.5 Å². The molecule has 1 rings (SSSR count). The molecule has 0 fully saturated rings. The van der Waals surface area contributed by atoms with Gasteiger partial charge in [-0.3, -0.25) is 5.26 Å². The van der Waals surface area contributed by atoms with E-state index in [1.54, 1.807) is 0 Å². The van der Waals surface area contributed by atoms with E-state index < -0.39 is 24.1 Å². The van der Waals surface area contributed by atoms with Gasteiger partial charge in [-0.25, -0.2) is 18.1 Å². The Hall–Kier alpha value is -1.07. The molecule has 0 heterocycles. The number of hydrogen-bond donors (Lipinski definition) is 1. The maximum atomic E-state index is 12.9. The summed E-state index contributed by atoms with van der Waals surface area (Å²) in [5.41, 5.74) is -0.395. The molecule has 0 aliphatic carbocycles. The third-order valence-electron chi connectivity index (χ3n) is 1.74. The number of halogens is 3. The van der Waals surface area contributed by atoms with Gasteiger partial charge < -0.3 is 0 Å². The van der Waals surface area contributed by atoms with E-state index in [9.17, 15) is 13.2 Å². The first-order chi connectivity index (χ1) is 6.07. The predicted octanol–water partition coefficient (Wildman–Crippen LogP) is 2.40. The molecular weight excluding hydrogens is 185 g/mol. The second kappa shape index (κ2) is 3.76. The lowest BCUT2D eigenvalue weighted by Gasteiger charge is -2.06. The van der Waals surface area contributed by atoms with Crippen LogP contribution in [-0.4, -0.2) is 5.26 Å². The molecule has 0 aliphatic heterocycles. The third kappa shape index (κ3) is 1.81. The molecule has 0 radical (unpaired) electrons. The molecule has 0 saturated carbocycles. The predicted molar refractivity (Wildman–Crippen MR) is 38.5 cm³/mol. The Morgan fingerprint density at radius 1 is 1.31 bits per heavy atom. The molecule has 2 nitrogen and oxygen atoms in total. The van der Waals surface area contributed by atoms with Crippen molar-refractivity contribution in [3.63, 3.8) is 0 Å². The van der Waals surface area contributed by atoms with Gasteiger partial charge >= 0.3 is 0 Å². The van der Waals surface area contributed by atoms with E-state index in [0.29, 0.717) is 6.07 Å². The van der Waals surface area contributed by atoms with Crippen LogP contribution in [-0.2, 0) is 11.5 Å². The van der Waals surface area contributed by atoms with Crippen LogP contribution in [0.15, 0.2) is 6.07 Å². The van der Waals surface area contributed by atoms with Crippen molar-refractivity contribution in [3.05, 3.63) is 34.6 Å². The normalized spacial score (nSPS) is 10.5. The van der Waals surface area contributed by atoms with Crippen LogP contribution in [0.2, 0.25) is 0 Å². The monoisotopic (exact) mass is 192 g/mol. The summed E-state index contributed by atoms with van der Waals surface area (Å²) in [6.07, 6.45) is 0. The Labute approximate surface area is 72.5 Å². The summed E-state index contributed by atoms with van der Waals surface area (Å²) in [6, 6.07) is 0.413. The molecule has 1 aromatic carbocycles. The lowest BCUT2D eigenvalue weighted by atomic mass is 10.1. The highest BCUT2D eigenvalue weighted by Gasteiger charge is 2.15. The molecule has 1 N–H and O–H groups in total. The fraction of sp³-hybridized carbons (Fsp3) is 0.250. The molecule has 0 bridgehead atoms. The van der Waals surface area contributed by atoms with Gasteiger partial charge in [0.15, 0.2) is 11.6 Å². The Morgan fingerprint density at radius 3 is 2.46 bits per heavy atom. The molecule has 72 valence electrons. The van der Waals surface area contributed by atoms with Gasteiger partial charge in [0.2, 0.25) is 0 Å². The highest BCUT2D eigenvalue weighted by Crippen LogP contribution is 2.20. The smallest absolute Gasteiger partial charge is 0.162 e. The van der Waals surface area contributed by atoms with E-state index in [1.165, 1.54) is 6.92 Å². The standard InChI is InChI=1S/C8H7F3O2/c1-4-5(3-13-12)6(9)2-7(10)8(4)11/h2,12H,3H2,1H3. The summed E-state index contributed by atoms with van der Waals surface area (Å²) in [4.78, 5) is 3.66. The van der Waals surface area contributed by atoms with Crippen molar-refractivity contribution in [3.8, 4) is 0 Å². The fourth-order valence-corrected chi connectivity index (χ4v) is 0.994. The van der Waals surface area contributed by atoms with Crippen molar-refractivity contribution in [1.82, 2.24) is 0 Å². The van der Waals surface area contributed by atoms with Crippen LogP contribution >= 0.6 is 0 Å². The molecule has 0 amide bonds. The zero-order chi connectivity index (χ0) is 10.0. The lowest BCUT2D eigenvalue weighted by Crippen LogP contribution is -2.02. The second-order valence-electron chi connectivity index (χ2n) is 2.53. The van der Waals surface area contributed by atoms with Gasteiger partial charge in [0, 0.05) is 11.6 Å². The minimum atomic E-state index is -1.25. The van der Waals surface area contributed by atoms with Gasteiger partial charge in [-0.1, -0.05) is 0 Å². The number of benzene rings is 1. The first-order valence-electron chi connectivity index (χ1n) is 3.47. The summed E-state index contributed by atoms with van der Waals surface area (Å²) >= 11 is 0. The average Bonchev–Trinajstić information content (AvgIpc) is 2.09. The van der Waals surface area contributed by atoms with Crippen molar-refractivity contribution < 1.29 is 23.3 Å². The zero-order valence-corrected chi connectivity index (χ0v) is 6.77. The molecule has 0 spiro atoms. The minimum absolute atomic E-state index is 0.193. The fourth-order valence-electron chi connectivity index (χ4n) is 0.994. The van der Waals surface area contributed by atoms with Crippen LogP contribution in [0.5, 0.6) is 0 Å². The summed E-state index contributed by atoms with van der Waals surface area (Å²) in [5.74, 6) is -3.32. The van der Waals surface area contributed by atoms with Crippen LogP contribution in [0.25, 0.3) is 0 Å². The first-order valence-corrected chi connectivity index (χ1v) is 3.47. The maximum Gasteiger partial charge on any atom is 0.162 e. The molecule has 0 atom stereocenters. The van der Waals surface area contributed by atoms with Crippen molar-refractivity contribution in [1.29, 1.82) is 0 Å². The van der Waals surface area contributed by atoms with E-state index >= 15 is 0 Å². The van der Waals surface area contributed by atoms with Gasteiger partial charge in [-0.15, -0.1) is 0 Å². The van der Waals surface area contributed by atoms with Crippen LogP contribution in [0.4, 0.5) is 13.2 Å². The number of hydrogen-bond acceptors (Lipinski definition) is 2. The third-order valence-corrected chi connectivity index (χ3v) is 1.74. The van der Waals surface area contributed by atoms with Crippen LogP contribution < -0.4 is 0 Å². The maximum absolute atomic E-state index is 12.9. The van der Waals surface area contributed by atoms with E-state index in [-0.39, 0.29) is 11.1 Å². The Kier molecular flexibility index (Phi) is 2.90. The molecular formula is C8H7F3O2. The molecule has 1 aromatic rings. The quantitative estimate of drug-likeness (QED) is 0.443. The highest BCUT2D eigenvalue weighted by atomic mass is 19.2. The first kappa shape index (κ1) is 10.0. The molecule has 0 aromatic heterocycles. The van der Waals surface area contributed by atoms with E-state index in [0.717, 1.165) is 0 Å². The molecule has 0 aliphatic rings. The summed E-state index contributed by atoms with van der Waals surface area (Å²) in [6.45, 7) is 0.699. The largest absolute Gasteiger partial charge is 0.251 e. The summed E-state index contributed by atoms with van der Waals surface area (Å²) in [7, 11) is 0. The molecule has 5 heteroatoms.